The van der Waals surface area contributed by atoms with E-state index in [-0.39, 0.29) is 24.8 Å². The zero-order valence-corrected chi connectivity index (χ0v) is 29.7. The standard InChI is InChI=1S/4C9H7.2Ce.2ClH/c4*1-2-5-9-7-3-6-8(9)4-1;;;;/h4*1-7H;;;2*1H/q;;;;2*+1;;/p-2. The van der Waals surface area contributed by atoms with E-state index in [0.717, 1.165) is 5.74 Å². The van der Waals surface area contributed by atoms with Gasteiger partial charge in [-0.2, -0.15) is 0 Å². The van der Waals surface area contributed by atoms with Crippen LogP contribution < -0.4 is 24.8 Å². The second-order valence-corrected chi connectivity index (χ2v) is 20.1. The topological polar surface area (TPSA) is 0 Å². The number of allylic oxidation sites excluding steroid dienone is 4. The molecule has 194 valence electrons. The molecule has 0 N–H and O–H groups in total. The Bertz CT molecular complexity index is 1380. The monoisotopic (exact) mass is 810 g/mol. The van der Waals surface area contributed by atoms with Crippen LogP contribution in [0.1, 0.15) is 50.2 Å². The maximum atomic E-state index is 2.45. The molecule has 0 aliphatic heterocycles. The minimum atomic E-state index is -0.790. The van der Waals surface area contributed by atoms with Crippen LogP contribution in [0.5, 0.6) is 0 Å². The predicted molar refractivity (Wildman–Crippen MR) is 153 cm³/mol. The van der Waals surface area contributed by atoms with Crippen molar-refractivity contribution in [1.29, 1.82) is 0 Å². The Labute approximate surface area is 291 Å². The third-order valence-electron chi connectivity index (χ3n) is 7.92. The van der Waals surface area contributed by atoms with Crippen LogP contribution in [-0.2, 0) is 0 Å². The molecule has 0 bridgehead atoms. The van der Waals surface area contributed by atoms with Crippen molar-refractivity contribution in [2.24, 2.45) is 0 Å². The smallest absolute Gasteiger partial charge is 1.00 e. The Balaban J connectivity index is 0.000000154. The van der Waals surface area contributed by atoms with Gasteiger partial charge in [0.25, 0.3) is 0 Å². The summed E-state index contributed by atoms with van der Waals surface area (Å²) < 4.78 is 3.04. The number of rotatable bonds is 4. The second kappa shape index (κ2) is 14.1. The van der Waals surface area contributed by atoms with Gasteiger partial charge in [-0.15, -0.1) is 0 Å². The molecule has 4 aromatic carbocycles. The molecular weight excluding hydrogens is 784 g/mol. The molecule has 0 aromatic heterocycles. The van der Waals surface area contributed by atoms with Crippen molar-refractivity contribution in [1.82, 2.24) is 0 Å². The van der Waals surface area contributed by atoms with Gasteiger partial charge in [-0.05, 0) is 0 Å². The summed E-state index contributed by atoms with van der Waals surface area (Å²) in [7, 11) is 0. The summed E-state index contributed by atoms with van der Waals surface area (Å²) in [5.41, 5.74) is 12.1. The number of hydrogen-bond acceptors (Lipinski definition) is 0. The average Bonchev–Trinajstić information content (AvgIpc) is 3.76. The third-order valence-corrected chi connectivity index (χ3v) is 18.7. The van der Waals surface area contributed by atoms with E-state index in [1.165, 1.54) is 22.3 Å². The summed E-state index contributed by atoms with van der Waals surface area (Å²) in [6, 6.07) is 35.5. The van der Waals surface area contributed by atoms with Crippen molar-refractivity contribution < 1.29 is 99.9 Å². The first-order chi connectivity index (χ1) is 18.8. The molecule has 0 spiro atoms. The fourth-order valence-electron chi connectivity index (χ4n) is 5.97. The van der Waals surface area contributed by atoms with E-state index in [9.17, 15) is 0 Å². The molecule has 0 fully saturated rings. The van der Waals surface area contributed by atoms with E-state index in [4.69, 9.17) is 0 Å². The van der Waals surface area contributed by atoms with Gasteiger partial charge in [-0.1, -0.05) is 0 Å². The van der Waals surface area contributed by atoms with Gasteiger partial charge in [-0.3, -0.25) is 0 Å². The molecule has 0 saturated carbocycles. The van der Waals surface area contributed by atoms with Crippen LogP contribution >= 0.6 is 0 Å². The summed E-state index contributed by atoms with van der Waals surface area (Å²) in [6.07, 6.45) is 19.1. The first-order valence-corrected chi connectivity index (χ1v) is 20.7. The van der Waals surface area contributed by atoms with E-state index >= 15 is 0 Å². The normalized spacial score (nSPS) is 21.0. The largest absolute Gasteiger partial charge is 1.00 e. The minimum absolute atomic E-state index is 0. The molecule has 0 radical (unpaired) electrons. The third kappa shape index (κ3) is 6.40. The summed E-state index contributed by atoms with van der Waals surface area (Å²) >= 11 is -1.58. The molecule has 4 aliphatic carbocycles. The van der Waals surface area contributed by atoms with Crippen molar-refractivity contribution >= 4 is 24.3 Å². The maximum absolute atomic E-state index is 2.45. The van der Waals surface area contributed by atoms with Crippen LogP contribution in [0.2, 0.25) is 0 Å². The molecule has 4 aliphatic rings. The quantitative estimate of drug-likeness (QED) is 0.298. The van der Waals surface area contributed by atoms with Crippen LogP contribution in [0.4, 0.5) is 0 Å². The molecule has 40 heavy (non-hydrogen) atoms. The molecule has 0 nitrogen and oxygen atoms in total. The van der Waals surface area contributed by atoms with Crippen LogP contribution in [0.15, 0.2) is 121 Å². The number of halogens is 2. The van der Waals surface area contributed by atoms with Crippen molar-refractivity contribution in [3.05, 3.63) is 166 Å². The van der Waals surface area contributed by atoms with Gasteiger partial charge >= 0.3 is 271 Å². The van der Waals surface area contributed by atoms with Crippen molar-refractivity contribution in [2.75, 3.05) is 0 Å². The molecule has 0 heterocycles. The van der Waals surface area contributed by atoms with E-state index in [1.54, 1.807) is 22.3 Å². The zero-order chi connectivity index (χ0) is 25.3. The molecule has 0 saturated heterocycles. The van der Waals surface area contributed by atoms with E-state index < -0.39 is 75.1 Å². The van der Waals surface area contributed by atoms with Gasteiger partial charge in [-0.25, -0.2) is 0 Å². The zero-order valence-electron chi connectivity index (χ0n) is 21.9. The average molecular weight is 812 g/mol. The van der Waals surface area contributed by atoms with Gasteiger partial charge in [0, 0.05) is 0 Å². The first kappa shape index (κ1) is 30.6. The summed E-state index contributed by atoms with van der Waals surface area (Å²) in [5.74, 6) is 0. The van der Waals surface area contributed by atoms with Crippen LogP contribution in [0.3, 0.4) is 0 Å². The second-order valence-electron chi connectivity index (χ2n) is 10.2. The fourth-order valence-corrected chi connectivity index (χ4v) is 16.6. The fraction of sp³-hybridized carbons (Fsp3) is 0.111. The summed E-state index contributed by atoms with van der Waals surface area (Å²) in [4.78, 5) is 0. The molecule has 4 atom stereocenters. The van der Waals surface area contributed by atoms with E-state index in [0.29, 0.717) is 0 Å². The Kier molecular flexibility index (Phi) is 10.8. The van der Waals surface area contributed by atoms with Gasteiger partial charge in [0.15, 0.2) is 0 Å². The van der Waals surface area contributed by atoms with Gasteiger partial charge in [0.1, 0.15) is 0 Å². The Morgan fingerprint density at radius 2 is 0.550 bits per heavy atom. The van der Waals surface area contributed by atoms with Crippen molar-refractivity contribution in [2.45, 2.75) is 5.74 Å². The SMILES string of the molecule is C1=C[CH]([Ce+][CH]2C=Cc3ccccc32)c2ccccc21.C1=C[CH]([Ce+][CH]2C=Cc3ccccc32)c2ccccc21.[Cl-].[Cl-]. The van der Waals surface area contributed by atoms with E-state index in [1.807, 2.05) is 0 Å². The molecule has 4 unspecified atom stereocenters. The van der Waals surface area contributed by atoms with Crippen molar-refractivity contribution in [3.8, 4) is 0 Å². The summed E-state index contributed by atoms with van der Waals surface area (Å²) in [6.45, 7) is 0. The number of fused-ring (bicyclic) bond motifs is 4. The Hall–Kier alpha value is -0.827. The Morgan fingerprint density at radius 3 is 0.800 bits per heavy atom. The molecular formula is C36H28Ce2Cl2. The Morgan fingerprint density at radius 1 is 0.325 bits per heavy atom. The molecule has 4 aromatic rings. The van der Waals surface area contributed by atoms with Crippen LogP contribution in [0.25, 0.3) is 24.3 Å². The van der Waals surface area contributed by atoms with Gasteiger partial charge in [0.2, 0.25) is 0 Å². The van der Waals surface area contributed by atoms with Gasteiger partial charge in [0.05, 0.1) is 0 Å². The molecule has 0 amide bonds. The van der Waals surface area contributed by atoms with E-state index in [2.05, 4.69) is 146 Å². The summed E-state index contributed by atoms with van der Waals surface area (Å²) in [5, 5.41) is 0. The predicted octanol–water partition coefficient (Wildman–Crippen LogP) is 3.22. The maximum Gasteiger partial charge on any atom is -1.00 e. The van der Waals surface area contributed by atoms with Crippen molar-refractivity contribution in [3.63, 3.8) is 0 Å². The molecule has 8 rings (SSSR count). The van der Waals surface area contributed by atoms with Crippen LogP contribution in [-0.4, -0.2) is 0 Å². The van der Waals surface area contributed by atoms with Gasteiger partial charge < -0.3 is 24.8 Å². The number of hydrogen-bond donors (Lipinski definition) is 0. The number of benzene rings is 4. The minimum Gasteiger partial charge on any atom is -1.00 e. The van der Waals surface area contributed by atoms with Crippen LogP contribution in [0, 0.1) is 75.1 Å². The first-order valence-electron chi connectivity index (χ1n) is 13.4. The molecule has 4 heteroatoms.